The summed E-state index contributed by atoms with van der Waals surface area (Å²) in [5.74, 6) is 0.612. The van der Waals surface area contributed by atoms with Crippen molar-refractivity contribution in [2.24, 2.45) is 0 Å². The van der Waals surface area contributed by atoms with Crippen molar-refractivity contribution >= 4 is 5.91 Å². The van der Waals surface area contributed by atoms with Gasteiger partial charge in [0.1, 0.15) is 5.75 Å². The minimum Gasteiger partial charge on any atom is -0.506 e. The molecule has 4 nitrogen and oxygen atoms in total. The van der Waals surface area contributed by atoms with Gasteiger partial charge in [-0.1, -0.05) is 0 Å². The third-order valence-corrected chi connectivity index (χ3v) is 2.46. The van der Waals surface area contributed by atoms with E-state index in [1.807, 2.05) is 0 Å². The first kappa shape index (κ1) is 9.96. The molecule has 2 N–H and O–H groups in total. The summed E-state index contributed by atoms with van der Waals surface area (Å²) in [6, 6.07) is 1.68. The highest BCUT2D eigenvalue weighted by molar-refractivity contribution is 5.72. The van der Waals surface area contributed by atoms with Crippen molar-refractivity contribution in [1.29, 1.82) is 0 Å². The van der Waals surface area contributed by atoms with Crippen molar-refractivity contribution in [3.8, 4) is 5.75 Å². The van der Waals surface area contributed by atoms with Crippen molar-refractivity contribution in [2.45, 2.75) is 32.2 Å². The Kier molecular flexibility index (Phi) is 2.58. The molecule has 1 heterocycles. The zero-order chi connectivity index (χ0) is 10.8. The Balaban J connectivity index is 2.07. The first-order chi connectivity index (χ1) is 7.16. The van der Waals surface area contributed by atoms with Gasteiger partial charge in [-0.25, -0.2) is 0 Å². The molecule has 1 aromatic rings. The Morgan fingerprint density at radius 3 is 2.93 bits per heavy atom. The van der Waals surface area contributed by atoms with Crippen LogP contribution in [0.25, 0.3) is 0 Å². The standard InChI is InChI=1S/C11H14N2O2/c1-7(14)12-5-8-4-10(15)11(13-6-8)9-2-3-9/h4,6,9,15H,2-3,5H2,1H3,(H,12,14). The molecule has 1 aromatic heterocycles. The van der Waals surface area contributed by atoms with Crippen LogP contribution in [0.5, 0.6) is 5.75 Å². The monoisotopic (exact) mass is 206 g/mol. The summed E-state index contributed by atoms with van der Waals surface area (Å²) < 4.78 is 0. The molecule has 0 aliphatic heterocycles. The Labute approximate surface area is 88.3 Å². The molecular formula is C11H14N2O2. The normalized spacial score (nSPS) is 15.0. The van der Waals surface area contributed by atoms with Crippen LogP contribution < -0.4 is 5.32 Å². The van der Waals surface area contributed by atoms with Crippen LogP contribution in [0.15, 0.2) is 12.3 Å². The number of carbonyl (C=O) groups is 1. The average Bonchev–Trinajstić information content (AvgIpc) is 2.98. The van der Waals surface area contributed by atoms with Crippen molar-refractivity contribution in [3.63, 3.8) is 0 Å². The molecule has 0 spiro atoms. The van der Waals surface area contributed by atoms with Gasteiger partial charge in [-0.3, -0.25) is 9.78 Å². The molecule has 0 saturated heterocycles. The number of carbonyl (C=O) groups excluding carboxylic acids is 1. The van der Waals surface area contributed by atoms with E-state index in [1.54, 1.807) is 12.3 Å². The summed E-state index contributed by atoms with van der Waals surface area (Å²) in [7, 11) is 0. The second-order valence-electron chi connectivity index (χ2n) is 3.93. The lowest BCUT2D eigenvalue weighted by Crippen LogP contribution is -2.19. The van der Waals surface area contributed by atoms with E-state index >= 15 is 0 Å². The fourth-order valence-electron chi connectivity index (χ4n) is 1.50. The van der Waals surface area contributed by atoms with Gasteiger partial charge in [-0.05, 0) is 24.5 Å². The average molecular weight is 206 g/mol. The zero-order valence-corrected chi connectivity index (χ0v) is 8.66. The van der Waals surface area contributed by atoms with Gasteiger partial charge in [-0.2, -0.15) is 0 Å². The Hall–Kier alpha value is -1.58. The summed E-state index contributed by atoms with van der Waals surface area (Å²) >= 11 is 0. The summed E-state index contributed by atoms with van der Waals surface area (Å²) in [4.78, 5) is 14.9. The number of hydrogen-bond donors (Lipinski definition) is 2. The van der Waals surface area contributed by atoms with E-state index in [1.165, 1.54) is 6.92 Å². The second kappa shape index (κ2) is 3.88. The molecule has 0 bridgehead atoms. The van der Waals surface area contributed by atoms with Crippen molar-refractivity contribution in [3.05, 3.63) is 23.5 Å². The quantitative estimate of drug-likeness (QED) is 0.783. The van der Waals surface area contributed by atoms with Gasteiger partial charge in [0.05, 0.1) is 5.69 Å². The van der Waals surface area contributed by atoms with Gasteiger partial charge >= 0.3 is 0 Å². The van der Waals surface area contributed by atoms with Crippen LogP contribution in [0.4, 0.5) is 0 Å². The third-order valence-electron chi connectivity index (χ3n) is 2.46. The first-order valence-corrected chi connectivity index (χ1v) is 5.09. The maximum absolute atomic E-state index is 10.7. The molecule has 1 aliphatic carbocycles. The molecule has 0 radical (unpaired) electrons. The molecule has 0 aromatic carbocycles. The summed E-state index contributed by atoms with van der Waals surface area (Å²) in [6.45, 7) is 1.88. The minimum absolute atomic E-state index is 0.0826. The van der Waals surface area contributed by atoms with E-state index in [-0.39, 0.29) is 11.7 Å². The molecule has 0 unspecified atom stereocenters. The summed E-state index contributed by atoms with van der Waals surface area (Å²) in [6.07, 6.45) is 3.94. The molecule has 1 aliphatic rings. The van der Waals surface area contributed by atoms with Crippen LogP contribution in [-0.2, 0) is 11.3 Å². The number of nitrogens with one attached hydrogen (secondary N) is 1. The SMILES string of the molecule is CC(=O)NCc1cnc(C2CC2)c(O)c1. The smallest absolute Gasteiger partial charge is 0.217 e. The number of nitrogens with zero attached hydrogens (tertiary/aromatic N) is 1. The largest absolute Gasteiger partial charge is 0.506 e. The van der Waals surface area contributed by atoms with Crippen molar-refractivity contribution in [2.75, 3.05) is 0 Å². The van der Waals surface area contributed by atoms with E-state index < -0.39 is 0 Å². The lowest BCUT2D eigenvalue weighted by Gasteiger charge is -2.05. The van der Waals surface area contributed by atoms with Gasteiger partial charge in [0.2, 0.25) is 5.91 Å². The number of aromatic hydroxyl groups is 1. The minimum atomic E-state index is -0.0826. The van der Waals surface area contributed by atoms with E-state index in [0.29, 0.717) is 12.5 Å². The number of amides is 1. The summed E-state index contributed by atoms with van der Waals surface area (Å²) in [5.41, 5.74) is 1.62. The molecular weight excluding hydrogens is 192 g/mol. The Morgan fingerprint density at radius 1 is 1.67 bits per heavy atom. The maximum atomic E-state index is 10.7. The van der Waals surface area contributed by atoms with E-state index in [2.05, 4.69) is 10.3 Å². The van der Waals surface area contributed by atoms with Gasteiger partial charge in [0.15, 0.2) is 0 Å². The predicted molar refractivity (Wildman–Crippen MR) is 55.4 cm³/mol. The van der Waals surface area contributed by atoms with E-state index in [4.69, 9.17) is 0 Å². The van der Waals surface area contributed by atoms with Gasteiger partial charge < -0.3 is 10.4 Å². The highest BCUT2D eigenvalue weighted by atomic mass is 16.3. The number of aromatic nitrogens is 1. The van der Waals surface area contributed by atoms with E-state index in [9.17, 15) is 9.90 Å². The number of hydrogen-bond acceptors (Lipinski definition) is 3. The highest BCUT2D eigenvalue weighted by Crippen LogP contribution is 2.42. The van der Waals surface area contributed by atoms with Crippen LogP contribution in [0.3, 0.4) is 0 Å². The molecule has 2 rings (SSSR count). The van der Waals surface area contributed by atoms with Crippen LogP contribution in [0.2, 0.25) is 0 Å². The van der Waals surface area contributed by atoms with Crippen LogP contribution in [0.1, 0.15) is 36.9 Å². The Bertz CT molecular complexity index is 386. The fourth-order valence-corrected chi connectivity index (χ4v) is 1.50. The van der Waals surface area contributed by atoms with Crippen LogP contribution >= 0.6 is 0 Å². The summed E-state index contributed by atoms with van der Waals surface area (Å²) in [5, 5.41) is 12.4. The van der Waals surface area contributed by atoms with Gasteiger partial charge in [-0.15, -0.1) is 0 Å². The fraction of sp³-hybridized carbons (Fsp3) is 0.455. The van der Waals surface area contributed by atoms with Crippen LogP contribution in [0, 0.1) is 0 Å². The molecule has 1 saturated carbocycles. The van der Waals surface area contributed by atoms with Gasteiger partial charge in [0.25, 0.3) is 0 Å². The third kappa shape index (κ3) is 2.46. The van der Waals surface area contributed by atoms with Crippen molar-refractivity contribution in [1.82, 2.24) is 10.3 Å². The highest BCUT2D eigenvalue weighted by Gasteiger charge is 2.27. The number of pyridine rings is 1. The topological polar surface area (TPSA) is 62.2 Å². The van der Waals surface area contributed by atoms with E-state index in [0.717, 1.165) is 24.1 Å². The zero-order valence-electron chi connectivity index (χ0n) is 8.66. The predicted octanol–water partition coefficient (Wildman–Crippen LogP) is 1.30. The molecule has 0 atom stereocenters. The lowest BCUT2D eigenvalue weighted by atomic mass is 10.2. The molecule has 80 valence electrons. The van der Waals surface area contributed by atoms with Crippen molar-refractivity contribution < 1.29 is 9.90 Å². The first-order valence-electron chi connectivity index (χ1n) is 5.09. The Morgan fingerprint density at radius 2 is 2.40 bits per heavy atom. The molecule has 1 amide bonds. The molecule has 15 heavy (non-hydrogen) atoms. The maximum Gasteiger partial charge on any atom is 0.217 e. The van der Waals surface area contributed by atoms with Crippen LogP contribution in [-0.4, -0.2) is 16.0 Å². The van der Waals surface area contributed by atoms with Gasteiger partial charge in [0, 0.05) is 25.6 Å². The number of rotatable bonds is 3. The molecule has 4 heteroatoms. The molecule has 1 fully saturated rings. The second-order valence-corrected chi connectivity index (χ2v) is 3.93. The lowest BCUT2D eigenvalue weighted by molar-refractivity contribution is -0.119.